The van der Waals surface area contributed by atoms with Crippen molar-refractivity contribution in [3.8, 4) is 11.4 Å². The second kappa shape index (κ2) is 8.34. The molecule has 3 rings (SSSR count). The predicted molar refractivity (Wildman–Crippen MR) is 106 cm³/mol. The van der Waals surface area contributed by atoms with Crippen molar-refractivity contribution in [1.29, 1.82) is 0 Å². The van der Waals surface area contributed by atoms with Crippen LogP contribution < -0.4 is 11.2 Å². The summed E-state index contributed by atoms with van der Waals surface area (Å²) in [5, 5.41) is 10.3. The molecule has 1 aromatic heterocycles. The van der Waals surface area contributed by atoms with E-state index in [-0.39, 0.29) is 10.8 Å². The van der Waals surface area contributed by atoms with Crippen LogP contribution in [-0.4, -0.2) is 26.0 Å². The second-order valence-corrected chi connectivity index (χ2v) is 7.72. The summed E-state index contributed by atoms with van der Waals surface area (Å²) >= 11 is 6.84. The molecular weight excluding hydrogens is 427 g/mol. The molecule has 0 aliphatic heterocycles. The fourth-order valence-corrected chi connectivity index (χ4v) is 3.33. The first-order valence-electron chi connectivity index (χ1n) is 8.27. The minimum atomic E-state index is -4.58. The van der Waals surface area contributed by atoms with E-state index in [4.69, 9.17) is 17.4 Å². The third kappa shape index (κ3) is 4.83. The lowest BCUT2D eigenvalue weighted by Crippen LogP contribution is -2.25. The Hall–Kier alpha value is -2.72. The molecule has 152 valence electrons. The van der Waals surface area contributed by atoms with Crippen molar-refractivity contribution in [2.24, 2.45) is 0 Å². The summed E-state index contributed by atoms with van der Waals surface area (Å²) in [6.45, 7) is 1.53. The number of hydrogen-bond acceptors (Lipinski definition) is 5. The van der Waals surface area contributed by atoms with Gasteiger partial charge >= 0.3 is 6.18 Å². The number of hydrogen-bond donors (Lipinski definition) is 2. The standard InChI is InChI=1S/C18H15ClF3N5OS/c1-10(16(28)24-14-5-3-2-4-13(14)18(20,21)22)29-17-26-25-15(27(17)23)11-6-8-12(19)9-7-11/h2-10H,23H2,1H3,(H,24,28). The predicted octanol–water partition coefficient (Wildman–Crippen LogP) is 4.45. The van der Waals surface area contributed by atoms with E-state index in [2.05, 4.69) is 15.5 Å². The monoisotopic (exact) mass is 441 g/mol. The molecule has 0 bridgehead atoms. The largest absolute Gasteiger partial charge is 0.418 e. The van der Waals surface area contributed by atoms with Crippen molar-refractivity contribution in [3.63, 3.8) is 0 Å². The summed E-state index contributed by atoms with van der Waals surface area (Å²) in [6.07, 6.45) is -4.58. The highest BCUT2D eigenvalue weighted by molar-refractivity contribution is 8.00. The van der Waals surface area contributed by atoms with Crippen LogP contribution in [0.3, 0.4) is 0 Å². The molecule has 0 aliphatic carbocycles. The zero-order valence-corrected chi connectivity index (χ0v) is 16.5. The smallest absolute Gasteiger partial charge is 0.335 e. The average molecular weight is 442 g/mol. The number of nitrogens with zero attached hydrogens (tertiary/aromatic N) is 3. The summed E-state index contributed by atoms with van der Waals surface area (Å²) in [4.78, 5) is 12.4. The normalized spacial score (nSPS) is 12.6. The first kappa shape index (κ1) is 21.0. The SMILES string of the molecule is CC(Sc1nnc(-c2ccc(Cl)cc2)n1N)C(=O)Nc1ccccc1C(F)(F)F. The van der Waals surface area contributed by atoms with Crippen molar-refractivity contribution in [3.05, 3.63) is 59.1 Å². The van der Waals surface area contributed by atoms with Gasteiger partial charge in [-0.2, -0.15) is 13.2 Å². The molecule has 0 saturated heterocycles. The van der Waals surface area contributed by atoms with Gasteiger partial charge in [-0.05, 0) is 43.3 Å². The molecule has 3 aromatic rings. The molecule has 1 amide bonds. The van der Waals surface area contributed by atoms with Crippen LogP contribution in [0, 0.1) is 0 Å². The number of halogens is 4. The van der Waals surface area contributed by atoms with Gasteiger partial charge in [0.15, 0.2) is 5.82 Å². The van der Waals surface area contributed by atoms with E-state index in [1.807, 2.05) is 0 Å². The number of aromatic nitrogens is 3. The van der Waals surface area contributed by atoms with Crippen LogP contribution in [0.4, 0.5) is 18.9 Å². The lowest BCUT2D eigenvalue weighted by atomic mass is 10.1. The fraction of sp³-hybridized carbons (Fsp3) is 0.167. The number of benzene rings is 2. The number of para-hydroxylation sites is 1. The third-order valence-electron chi connectivity index (χ3n) is 3.91. The molecule has 0 saturated carbocycles. The summed E-state index contributed by atoms with van der Waals surface area (Å²) < 4.78 is 40.5. The van der Waals surface area contributed by atoms with Crippen LogP contribution in [-0.2, 0) is 11.0 Å². The van der Waals surface area contributed by atoms with Gasteiger partial charge in [0.2, 0.25) is 11.1 Å². The molecule has 1 heterocycles. The number of nitrogens with two attached hydrogens (primary N) is 1. The maximum absolute atomic E-state index is 13.1. The summed E-state index contributed by atoms with van der Waals surface area (Å²) in [7, 11) is 0. The number of amides is 1. The Bertz CT molecular complexity index is 1020. The molecule has 0 fully saturated rings. The number of anilines is 1. The number of thioether (sulfide) groups is 1. The number of carbonyl (C=O) groups excluding carboxylic acids is 1. The van der Waals surface area contributed by atoms with Crippen molar-refractivity contribution in [2.45, 2.75) is 23.5 Å². The molecular formula is C18H15ClF3N5OS. The lowest BCUT2D eigenvalue weighted by Gasteiger charge is -2.16. The van der Waals surface area contributed by atoms with E-state index in [1.165, 1.54) is 29.8 Å². The number of nitrogen functional groups attached to an aromatic ring is 1. The minimum Gasteiger partial charge on any atom is -0.335 e. The molecule has 0 aliphatic rings. The van der Waals surface area contributed by atoms with E-state index in [0.717, 1.165) is 17.8 Å². The Morgan fingerprint density at radius 3 is 2.48 bits per heavy atom. The molecule has 6 nitrogen and oxygen atoms in total. The number of nitrogens with one attached hydrogen (secondary N) is 1. The molecule has 1 atom stereocenters. The van der Waals surface area contributed by atoms with Crippen molar-refractivity contribution in [1.82, 2.24) is 14.9 Å². The van der Waals surface area contributed by atoms with Crippen LogP contribution in [0.2, 0.25) is 5.02 Å². The van der Waals surface area contributed by atoms with Crippen LogP contribution in [0.5, 0.6) is 0 Å². The Labute approximate surface area is 173 Å². The van der Waals surface area contributed by atoms with Gasteiger partial charge in [0.1, 0.15) is 0 Å². The highest BCUT2D eigenvalue weighted by atomic mass is 35.5. The van der Waals surface area contributed by atoms with E-state index in [9.17, 15) is 18.0 Å². The van der Waals surface area contributed by atoms with Crippen LogP contribution in [0.1, 0.15) is 12.5 Å². The van der Waals surface area contributed by atoms with Crippen molar-refractivity contribution in [2.75, 3.05) is 11.2 Å². The molecule has 0 radical (unpaired) electrons. The van der Waals surface area contributed by atoms with Crippen LogP contribution >= 0.6 is 23.4 Å². The molecule has 1 unspecified atom stereocenters. The zero-order valence-electron chi connectivity index (χ0n) is 14.9. The molecule has 29 heavy (non-hydrogen) atoms. The average Bonchev–Trinajstić information content (AvgIpc) is 3.02. The van der Waals surface area contributed by atoms with Gasteiger partial charge < -0.3 is 11.2 Å². The minimum absolute atomic E-state index is 0.238. The maximum Gasteiger partial charge on any atom is 0.418 e. The van der Waals surface area contributed by atoms with E-state index >= 15 is 0 Å². The van der Waals surface area contributed by atoms with E-state index in [1.54, 1.807) is 24.3 Å². The van der Waals surface area contributed by atoms with Gasteiger partial charge in [0.05, 0.1) is 16.5 Å². The quantitative estimate of drug-likeness (QED) is 0.451. The van der Waals surface area contributed by atoms with Gasteiger partial charge in [-0.25, -0.2) is 4.68 Å². The molecule has 2 aromatic carbocycles. The van der Waals surface area contributed by atoms with Gasteiger partial charge in [-0.3, -0.25) is 4.79 Å². The number of carbonyl (C=O) groups is 1. The molecule has 3 N–H and O–H groups in total. The second-order valence-electron chi connectivity index (χ2n) is 5.98. The Kier molecular flexibility index (Phi) is 6.04. The third-order valence-corrected chi connectivity index (χ3v) is 5.22. The Balaban J connectivity index is 1.74. The summed E-state index contributed by atoms with van der Waals surface area (Å²) in [5.41, 5.74) is -0.557. The summed E-state index contributed by atoms with van der Waals surface area (Å²) in [6, 6.07) is 11.6. The van der Waals surface area contributed by atoms with Crippen LogP contribution in [0.15, 0.2) is 53.7 Å². The lowest BCUT2D eigenvalue weighted by molar-refractivity contribution is -0.137. The fourth-order valence-electron chi connectivity index (χ4n) is 2.44. The van der Waals surface area contributed by atoms with Gasteiger partial charge in [-0.15, -0.1) is 10.2 Å². The zero-order chi connectivity index (χ0) is 21.2. The molecule has 11 heteroatoms. The van der Waals surface area contributed by atoms with Gasteiger partial charge in [0, 0.05) is 10.6 Å². The first-order valence-corrected chi connectivity index (χ1v) is 9.52. The van der Waals surface area contributed by atoms with Crippen molar-refractivity contribution < 1.29 is 18.0 Å². The van der Waals surface area contributed by atoms with Crippen LogP contribution in [0.25, 0.3) is 11.4 Å². The number of rotatable bonds is 5. The Morgan fingerprint density at radius 1 is 1.17 bits per heavy atom. The number of alkyl halides is 3. The van der Waals surface area contributed by atoms with Gasteiger partial charge in [-0.1, -0.05) is 35.5 Å². The van der Waals surface area contributed by atoms with Crippen molar-refractivity contribution >= 4 is 35.0 Å². The van der Waals surface area contributed by atoms with Gasteiger partial charge in [0.25, 0.3) is 0 Å². The Morgan fingerprint density at radius 2 is 1.83 bits per heavy atom. The topological polar surface area (TPSA) is 85.8 Å². The van der Waals surface area contributed by atoms with E-state index < -0.39 is 22.9 Å². The molecule has 0 spiro atoms. The van der Waals surface area contributed by atoms with E-state index in [0.29, 0.717) is 16.4 Å². The maximum atomic E-state index is 13.1. The highest BCUT2D eigenvalue weighted by Crippen LogP contribution is 2.35. The summed E-state index contributed by atoms with van der Waals surface area (Å²) in [5.74, 6) is 5.75. The highest BCUT2D eigenvalue weighted by Gasteiger charge is 2.34. The first-order chi connectivity index (χ1) is 13.7.